The Balaban J connectivity index is 2.06. The summed E-state index contributed by atoms with van der Waals surface area (Å²) in [5, 5.41) is 3.45. The molecule has 0 unspecified atom stereocenters. The quantitative estimate of drug-likeness (QED) is 0.915. The number of anilines is 1. The second kappa shape index (κ2) is 5.31. The van der Waals surface area contributed by atoms with Crippen LogP contribution in [0.5, 0.6) is 0 Å². The molecular formula is C14H21NO2S. The highest BCUT2D eigenvalue weighted by Gasteiger charge is 2.18. The third kappa shape index (κ3) is 3.48. The van der Waals surface area contributed by atoms with E-state index in [2.05, 4.69) is 12.2 Å². The first-order valence-electron chi connectivity index (χ1n) is 6.52. The Morgan fingerprint density at radius 2 is 1.83 bits per heavy atom. The van der Waals surface area contributed by atoms with Gasteiger partial charge in [0, 0.05) is 18.0 Å². The lowest BCUT2D eigenvalue weighted by atomic mass is 9.87. The van der Waals surface area contributed by atoms with Gasteiger partial charge >= 0.3 is 0 Å². The zero-order chi connectivity index (χ0) is 13.2. The van der Waals surface area contributed by atoms with Gasteiger partial charge in [-0.05, 0) is 49.8 Å². The van der Waals surface area contributed by atoms with Crippen molar-refractivity contribution in [3.8, 4) is 0 Å². The fourth-order valence-electron chi connectivity index (χ4n) is 2.46. The monoisotopic (exact) mass is 267 g/mol. The highest BCUT2D eigenvalue weighted by atomic mass is 32.2. The van der Waals surface area contributed by atoms with Crippen LogP contribution in [0.25, 0.3) is 0 Å². The maximum absolute atomic E-state index is 11.5. The number of rotatable bonds is 3. The topological polar surface area (TPSA) is 46.2 Å². The predicted octanol–water partition coefficient (Wildman–Crippen LogP) is 3.08. The van der Waals surface area contributed by atoms with Crippen molar-refractivity contribution in [2.75, 3.05) is 11.6 Å². The maximum Gasteiger partial charge on any atom is 0.175 e. The number of hydrogen-bond acceptors (Lipinski definition) is 3. The molecule has 0 aliphatic heterocycles. The van der Waals surface area contributed by atoms with E-state index in [0.717, 1.165) is 11.6 Å². The first-order chi connectivity index (χ1) is 8.45. The summed E-state index contributed by atoms with van der Waals surface area (Å²) in [6.45, 7) is 2.29. The molecule has 4 heteroatoms. The third-order valence-electron chi connectivity index (χ3n) is 3.65. The van der Waals surface area contributed by atoms with Gasteiger partial charge in [0.2, 0.25) is 0 Å². The fourth-order valence-corrected chi connectivity index (χ4v) is 3.12. The van der Waals surface area contributed by atoms with Crippen molar-refractivity contribution in [1.29, 1.82) is 0 Å². The summed E-state index contributed by atoms with van der Waals surface area (Å²) in [5.41, 5.74) is 0.914. The van der Waals surface area contributed by atoms with Gasteiger partial charge in [0.05, 0.1) is 4.90 Å². The molecule has 1 aromatic carbocycles. The van der Waals surface area contributed by atoms with E-state index in [1.54, 1.807) is 18.2 Å². The average molecular weight is 267 g/mol. The molecule has 2 rings (SSSR count). The molecule has 0 spiro atoms. The van der Waals surface area contributed by atoms with Crippen molar-refractivity contribution in [3.63, 3.8) is 0 Å². The zero-order valence-corrected chi connectivity index (χ0v) is 11.8. The molecule has 1 N–H and O–H groups in total. The van der Waals surface area contributed by atoms with E-state index in [1.807, 2.05) is 6.07 Å². The summed E-state index contributed by atoms with van der Waals surface area (Å²) in [7, 11) is -3.11. The van der Waals surface area contributed by atoms with Crippen molar-refractivity contribution in [2.45, 2.75) is 43.5 Å². The number of sulfone groups is 1. The van der Waals surface area contributed by atoms with Gasteiger partial charge in [-0.25, -0.2) is 8.42 Å². The van der Waals surface area contributed by atoms with Crippen LogP contribution in [-0.4, -0.2) is 20.7 Å². The lowest BCUT2D eigenvalue weighted by Crippen LogP contribution is -2.25. The lowest BCUT2D eigenvalue weighted by Gasteiger charge is -2.27. The summed E-state index contributed by atoms with van der Waals surface area (Å²) in [6, 6.07) is 7.59. The SMILES string of the molecule is CC1CCC(Nc2cccc(S(C)(=O)=O)c2)CC1. The Morgan fingerprint density at radius 3 is 2.44 bits per heavy atom. The van der Waals surface area contributed by atoms with Gasteiger partial charge in [0.25, 0.3) is 0 Å². The van der Waals surface area contributed by atoms with Crippen LogP contribution in [0.15, 0.2) is 29.2 Å². The van der Waals surface area contributed by atoms with E-state index in [1.165, 1.54) is 31.9 Å². The Hall–Kier alpha value is -1.03. The molecule has 0 bridgehead atoms. The van der Waals surface area contributed by atoms with Gasteiger partial charge in [-0.3, -0.25) is 0 Å². The Kier molecular flexibility index (Phi) is 3.95. The summed E-state index contributed by atoms with van der Waals surface area (Å²) in [5.74, 6) is 0.824. The van der Waals surface area contributed by atoms with Crippen LogP contribution in [0.2, 0.25) is 0 Å². The molecule has 0 heterocycles. The van der Waals surface area contributed by atoms with Crippen LogP contribution in [-0.2, 0) is 9.84 Å². The van der Waals surface area contributed by atoms with E-state index in [0.29, 0.717) is 10.9 Å². The van der Waals surface area contributed by atoms with Crippen LogP contribution < -0.4 is 5.32 Å². The molecule has 1 saturated carbocycles. The number of nitrogens with one attached hydrogen (secondary N) is 1. The molecule has 0 aromatic heterocycles. The fraction of sp³-hybridized carbons (Fsp3) is 0.571. The summed E-state index contributed by atoms with van der Waals surface area (Å²) in [4.78, 5) is 0.386. The van der Waals surface area contributed by atoms with Gasteiger partial charge in [-0.15, -0.1) is 0 Å². The van der Waals surface area contributed by atoms with Crippen LogP contribution in [0.1, 0.15) is 32.6 Å². The first-order valence-corrected chi connectivity index (χ1v) is 8.41. The largest absolute Gasteiger partial charge is 0.382 e. The molecule has 100 valence electrons. The molecule has 3 nitrogen and oxygen atoms in total. The van der Waals surface area contributed by atoms with Crippen molar-refractivity contribution in [1.82, 2.24) is 0 Å². The van der Waals surface area contributed by atoms with Crippen molar-refractivity contribution < 1.29 is 8.42 Å². The van der Waals surface area contributed by atoms with Crippen molar-refractivity contribution in [2.24, 2.45) is 5.92 Å². The van der Waals surface area contributed by atoms with Crippen molar-refractivity contribution in [3.05, 3.63) is 24.3 Å². The molecule has 0 radical (unpaired) electrons. The van der Waals surface area contributed by atoms with E-state index in [4.69, 9.17) is 0 Å². The average Bonchev–Trinajstić information content (AvgIpc) is 2.31. The van der Waals surface area contributed by atoms with Gasteiger partial charge in [0.1, 0.15) is 0 Å². The molecule has 1 fully saturated rings. The normalized spacial score (nSPS) is 24.8. The molecule has 1 aliphatic rings. The predicted molar refractivity (Wildman–Crippen MR) is 74.6 cm³/mol. The molecule has 18 heavy (non-hydrogen) atoms. The number of benzene rings is 1. The minimum Gasteiger partial charge on any atom is -0.382 e. The van der Waals surface area contributed by atoms with Gasteiger partial charge in [-0.1, -0.05) is 13.0 Å². The second-order valence-electron chi connectivity index (χ2n) is 5.40. The minimum absolute atomic E-state index is 0.386. The van der Waals surface area contributed by atoms with Crippen molar-refractivity contribution >= 4 is 15.5 Å². The van der Waals surface area contributed by atoms with Gasteiger partial charge in [0.15, 0.2) is 9.84 Å². The summed E-state index contributed by atoms with van der Waals surface area (Å²) < 4.78 is 23.0. The number of hydrogen-bond donors (Lipinski definition) is 1. The van der Waals surface area contributed by atoms with E-state index in [9.17, 15) is 8.42 Å². The molecule has 0 amide bonds. The standard InChI is InChI=1S/C14H21NO2S/c1-11-6-8-12(9-7-11)15-13-4-3-5-14(10-13)18(2,16)17/h3-5,10-12,15H,6-9H2,1-2H3. The Bertz CT molecular complexity index is 502. The molecule has 1 aromatic rings. The van der Waals surface area contributed by atoms with Gasteiger partial charge in [-0.2, -0.15) is 0 Å². The smallest absolute Gasteiger partial charge is 0.175 e. The second-order valence-corrected chi connectivity index (χ2v) is 7.42. The zero-order valence-electron chi connectivity index (χ0n) is 11.0. The summed E-state index contributed by atoms with van der Waals surface area (Å²) in [6.07, 6.45) is 6.09. The van der Waals surface area contributed by atoms with E-state index >= 15 is 0 Å². The maximum atomic E-state index is 11.5. The Morgan fingerprint density at radius 1 is 1.17 bits per heavy atom. The van der Waals surface area contributed by atoms with Crippen LogP contribution >= 0.6 is 0 Å². The highest BCUT2D eigenvalue weighted by Crippen LogP contribution is 2.26. The van der Waals surface area contributed by atoms with Gasteiger partial charge < -0.3 is 5.32 Å². The minimum atomic E-state index is -3.11. The third-order valence-corrected chi connectivity index (χ3v) is 4.76. The highest BCUT2D eigenvalue weighted by molar-refractivity contribution is 7.90. The van der Waals surface area contributed by atoms with Crippen LogP contribution in [0, 0.1) is 5.92 Å². The van der Waals surface area contributed by atoms with E-state index in [-0.39, 0.29) is 0 Å². The first kappa shape index (κ1) is 13.4. The molecule has 0 saturated heterocycles. The molecule has 0 atom stereocenters. The lowest BCUT2D eigenvalue weighted by molar-refractivity contribution is 0.361. The van der Waals surface area contributed by atoms with E-state index < -0.39 is 9.84 Å². The summed E-state index contributed by atoms with van der Waals surface area (Å²) >= 11 is 0. The van der Waals surface area contributed by atoms with Crippen LogP contribution in [0.3, 0.4) is 0 Å². The molecule has 1 aliphatic carbocycles. The van der Waals surface area contributed by atoms with Crippen LogP contribution in [0.4, 0.5) is 5.69 Å². The molecular weight excluding hydrogens is 246 g/mol. The Labute approximate surface area is 110 Å².